The van der Waals surface area contributed by atoms with E-state index in [1.165, 1.54) is 44.6 Å². The quantitative estimate of drug-likeness (QED) is 0.926. The van der Waals surface area contributed by atoms with Gasteiger partial charge < -0.3 is 10.6 Å². The summed E-state index contributed by atoms with van der Waals surface area (Å²) in [6.07, 6.45) is 3.77. The second-order valence-corrected chi connectivity index (χ2v) is 6.52. The van der Waals surface area contributed by atoms with Gasteiger partial charge in [-0.15, -0.1) is 0 Å². The number of hydrogen-bond acceptors (Lipinski definition) is 3. The van der Waals surface area contributed by atoms with Gasteiger partial charge in [0.05, 0.1) is 0 Å². The molecular formula is C16H24ClN3. The van der Waals surface area contributed by atoms with E-state index in [-0.39, 0.29) is 6.04 Å². The van der Waals surface area contributed by atoms with Crippen molar-refractivity contribution in [2.45, 2.75) is 31.3 Å². The molecule has 0 spiro atoms. The monoisotopic (exact) mass is 293 g/mol. The van der Waals surface area contributed by atoms with Crippen LogP contribution in [0.2, 0.25) is 5.02 Å². The summed E-state index contributed by atoms with van der Waals surface area (Å²) in [5.74, 6) is 0. The van der Waals surface area contributed by atoms with E-state index < -0.39 is 0 Å². The predicted molar refractivity (Wildman–Crippen MR) is 84.0 cm³/mol. The zero-order chi connectivity index (χ0) is 13.9. The third-order valence-electron chi connectivity index (χ3n) is 4.73. The van der Waals surface area contributed by atoms with Gasteiger partial charge in [0, 0.05) is 43.3 Å². The largest absolute Gasteiger partial charge is 0.324 e. The van der Waals surface area contributed by atoms with Crippen LogP contribution in [0.5, 0.6) is 0 Å². The Kier molecular flexibility index (Phi) is 4.61. The zero-order valence-electron chi connectivity index (χ0n) is 12.0. The summed E-state index contributed by atoms with van der Waals surface area (Å²) < 4.78 is 0. The molecule has 0 amide bonds. The first-order chi connectivity index (χ1) is 9.72. The van der Waals surface area contributed by atoms with Crippen molar-refractivity contribution < 1.29 is 0 Å². The van der Waals surface area contributed by atoms with Crippen molar-refractivity contribution in [3.8, 4) is 0 Å². The van der Waals surface area contributed by atoms with E-state index >= 15 is 0 Å². The molecule has 0 saturated carbocycles. The number of fused-ring (bicyclic) bond motifs is 1. The van der Waals surface area contributed by atoms with Crippen LogP contribution in [0.25, 0.3) is 0 Å². The topological polar surface area (TPSA) is 32.5 Å². The minimum Gasteiger partial charge on any atom is -0.324 e. The minimum atomic E-state index is 0.119. The molecule has 2 aliphatic rings. The van der Waals surface area contributed by atoms with Gasteiger partial charge in [-0.05, 0) is 43.5 Å². The lowest BCUT2D eigenvalue weighted by molar-refractivity contribution is 0.102. The SMILES string of the molecule is NC(CCN1CCN2CCCC2C1)c1ccc(Cl)cc1. The molecule has 4 heteroatoms. The maximum Gasteiger partial charge on any atom is 0.0406 e. The van der Waals surface area contributed by atoms with Crippen molar-refractivity contribution >= 4 is 11.6 Å². The number of hydrogen-bond donors (Lipinski definition) is 1. The van der Waals surface area contributed by atoms with Crippen molar-refractivity contribution in [1.82, 2.24) is 9.80 Å². The Morgan fingerprint density at radius 3 is 2.80 bits per heavy atom. The highest BCUT2D eigenvalue weighted by atomic mass is 35.5. The molecule has 2 unspecified atom stereocenters. The smallest absolute Gasteiger partial charge is 0.0406 e. The third-order valence-corrected chi connectivity index (χ3v) is 4.98. The summed E-state index contributed by atoms with van der Waals surface area (Å²) in [4.78, 5) is 5.23. The van der Waals surface area contributed by atoms with E-state index in [0.29, 0.717) is 0 Å². The molecule has 2 fully saturated rings. The van der Waals surface area contributed by atoms with Crippen LogP contribution in [0.15, 0.2) is 24.3 Å². The number of halogens is 1. The standard InChI is InChI=1S/C16H24ClN3/c17-14-5-3-13(4-6-14)16(18)7-9-19-10-11-20-8-1-2-15(20)12-19/h3-6,15-16H,1-2,7-12,18H2. The molecular weight excluding hydrogens is 270 g/mol. The molecule has 1 aromatic carbocycles. The Hall–Kier alpha value is -0.610. The Labute approximate surface area is 126 Å². The average Bonchev–Trinajstić information content (AvgIpc) is 2.93. The van der Waals surface area contributed by atoms with Gasteiger partial charge in [0.1, 0.15) is 0 Å². The maximum absolute atomic E-state index is 6.29. The lowest BCUT2D eigenvalue weighted by Crippen LogP contribution is -2.50. The molecule has 2 atom stereocenters. The van der Waals surface area contributed by atoms with Gasteiger partial charge >= 0.3 is 0 Å². The fourth-order valence-corrected chi connectivity index (χ4v) is 3.58. The predicted octanol–water partition coefficient (Wildman–Crippen LogP) is 2.51. The zero-order valence-corrected chi connectivity index (χ0v) is 12.7. The Balaban J connectivity index is 1.48. The van der Waals surface area contributed by atoms with E-state index in [9.17, 15) is 0 Å². The van der Waals surface area contributed by atoms with Crippen LogP contribution in [0, 0.1) is 0 Å². The van der Waals surface area contributed by atoms with Crippen LogP contribution in [-0.2, 0) is 0 Å². The molecule has 0 aliphatic carbocycles. The van der Waals surface area contributed by atoms with Gasteiger partial charge in [0.15, 0.2) is 0 Å². The van der Waals surface area contributed by atoms with Crippen LogP contribution in [-0.4, -0.2) is 48.6 Å². The molecule has 2 saturated heterocycles. The molecule has 2 aliphatic heterocycles. The average molecular weight is 294 g/mol. The van der Waals surface area contributed by atoms with Gasteiger partial charge in [-0.3, -0.25) is 4.90 Å². The number of nitrogens with zero attached hydrogens (tertiary/aromatic N) is 2. The summed E-state index contributed by atoms with van der Waals surface area (Å²) in [6.45, 7) is 6.08. The van der Waals surface area contributed by atoms with E-state index in [1.54, 1.807) is 0 Å². The molecule has 3 nitrogen and oxygen atoms in total. The number of nitrogens with two attached hydrogens (primary N) is 1. The van der Waals surface area contributed by atoms with Crippen molar-refractivity contribution in [1.29, 1.82) is 0 Å². The van der Waals surface area contributed by atoms with Gasteiger partial charge in [-0.25, -0.2) is 0 Å². The van der Waals surface area contributed by atoms with Crippen molar-refractivity contribution in [2.24, 2.45) is 5.73 Å². The molecule has 2 heterocycles. The molecule has 20 heavy (non-hydrogen) atoms. The first-order valence-electron chi connectivity index (χ1n) is 7.70. The first-order valence-corrected chi connectivity index (χ1v) is 8.07. The van der Waals surface area contributed by atoms with Crippen LogP contribution < -0.4 is 5.73 Å². The third kappa shape index (κ3) is 3.34. The lowest BCUT2D eigenvalue weighted by atomic mass is 10.0. The molecule has 0 bridgehead atoms. The van der Waals surface area contributed by atoms with Gasteiger partial charge in [-0.1, -0.05) is 23.7 Å². The molecule has 1 aromatic rings. The van der Waals surface area contributed by atoms with E-state index in [1.807, 2.05) is 24.3 Å². The normalized spacial score (nSPS) is 25.6. The van der Waals surface area contributed by atoms with E-state index in [4.69, 9.17) is 17.3 Å². The first kappa shape index (κ1) is 14.3. The van der Waals surface area contributed by atoms with Crippen LogP contribution in [0.1, 0.15) is 30.9 Å². The van der Waals surface area contributed by atoms with Gasteiger partial charge in [-0.2, -0.15) is 0 Å². The van der Waals surface area contributed by atoms with Crippen molar-refractivity contribution in [3.05, 3.63) is 34.9 Å². The summed E-state index contributed by atoms with van der Waals surface area (Å²) in [6, 6.07) is 8.86. The van der Waals surface area contributed by atoms with E-state index in [0.717, 1.165) is 24.0 Å². The second-order valence-electron chi connectivity index (χ2n) is 6.08. The summed E-state index contributed by atoms with van der Waals surface area (Å²) in [5, 5.41) is 0.776. The van der Waals surface area contributed by atoms with Crippen molar-refractivity contribution in [3.63, 3.8) is 0 Å². The van der Waals surface area contributed by atoms with Crippen molar-refractivity contribution in [2.75, 3.05) is 32.7 Å². The van der Waals surface area contributed by atoms with Gasteiger partial charge in [0.25, 0.3) is 0 Å². The molecule has 2 N–H and O–H groups in total. The van der Waals surface area contributed by atoms with Crippen LogP contribution in [0.3, 0.4) is 0 Å². The maximum atomic E-state index is 6.29. The van der Waals surface area contributed by atoms with E-state index in [2.05, 4.69) is 9.80 Å². The van der Waals surface area contributed by atoms with Gasteiger partial charge in [0.2, 0.25) is 0 Å². The number of piperazine rings is 1. The van der Waals surface area contributed by atoms with Crippen LogP contribution in [0.4, 0.5) is 0 Å². The summed E-state index contributed by atoms with van der Waals surface area (Å²) >= 11 is 5.91. The summed E-state index contributed by atoms with van der Waals surface area (Å²) in [7, 11) is 0. The second kappa shape index (κ2) is 6.44. The minimum absolute atomic E-state index is 0.119. The highest BCUT2D eigenvalue weighted by Gasteiger charge is 2.30. The highest BCUT2D eigenvalue weighted by molar-refractivity contribution is 6.30. The fourth-order valence-electron chi connectivity index (χ4n) is 3.46. The molecule has 0 radical (unpaired) electrons. The highest BCUT2D eigenvalue weighted by Crippen LogP contribution is 2.23. The Morgan fingerprint density at radius 2 is 2.00 bits per heavy atom. The number of rotatable bonds is 4. The van der Waals surface area contributed by atoms with Crippen LogP contribution >= 0.6 is 11.6 Å². The molecule has 3 rings (SSSR count). The number of benzene rings is 1. The summed E-state index contributed by atoms with van der Waals surface area (Å²) in [5.41, 5.74) is 7.48. The lowest BCUT2D eigenvalue weighted by Gasteiger charge is -2.37. The Bertz CT molecular complexity index is 434. The molecule has 110 valence electrons. The molecule has 0 aromatic heterocycles. The Morgan fingerprint density at radius 1 is 1.20 bits per heavy atom. The fraction of sp³-hybridized carbons (Fsp3) is 0.625.